The van der Waals surface area contributed by atoms with Crippen molar-refractivity contribution in [2.45, 2.75) is 92.2 Å². The van der Waals surface area contributed by atoms with Gasteiger partial charge in [0.05, 0.1) is 18.0 Å². The van der Waals surface area contributed by atoms with Crippen LogP contribution in [0, 0.1) is 34.5 Å². The maximum atomic E-state index is 5.68. The van der Waals surface area contributed by atoms with Gasteiger partial charge in [0, 0.05) is 12.7 Å². The summed E-state index contributed by atoms with van der Waals surface area (Å²) in [4.78, 5) is 5.68. The van der Waals surface area contributed by atoms with Gasteiger partial charge in [-0.3, -0.25) is 0 Å². The number of hydrogen-bond acceptors (Lipinski definition) is 5. The Morgan fingerprint density at radius 3 is 2.81 bits per heavy atom. The third kappa shape index (κ3) is 3.82. The van der Waals surface area contributed by atoms with Gasteiger partial charge in [0.1, 0.15) is 6.61 Å². The van der Waals surface area contributed by atoms with Crippen LogP contribution in [0.15, 0.2) is 23.5 Å². The fraction of sp³-hybridized carbons (Fsp3) is 0.808. The van der Waals surface area contributed by atoms with Crippen molar-refractivity contribution >= 4 is 5.71 Å². The van der Waals surface area contributed by atoms with Crippen LogP contribution in [-0.2, 0) is 17.9 Å². The molecule has 5 rings (SSSR count). The Morgan fingerprint density at radius 2 is 2.03 bits per heavy atom. The molecule has 4 aliphatic carbocycles. The van der Waals surface area contributed by atoms with Crippen molar-refractivity contribution < 1.29 is 4.84 Å². The lowest BCUT2D eigenvalue weighted by atomic mass is 9.45. The molecule has 1 aromatic rings. The summed E-state index contributed by atoms with van der Waals surface area (Å²) in [5, 5.41) is 12.6. The molecule has 0 bridgehead atoms. The van der Waals surface area contributed by atoms with Crippen molar-refractivity contribution in [1.82, 2.24) is 15.0 Å². The van der Waals surface area contributed by atoms with Crippen LogP contribution in [0.1, 0.15) is 84.8 Å². The van der Waals surface area contributed by atoms with Crippen LogP contribution < -0.4 is 5.73 Å². The predicted octanol–water partition coefficient (Wildman–Crippen LogP) is 5.34. The van der Waals surface area contributed by atoms with Gasteiger partial charge in [-0.15, -0.1) is 5.10 Å². The van der Waals surface area contributed by atoms with Crippen molar-refractivity contribution in [2.75, 3.05) is 6.61 Å². The van der Waals surface area contributed by atoms with Crippen LogP contribution in [0.4, 0.5) is 0 Å². The Kier molecular flexibility index (Phi) is 6.54. The standard InChI is InChI=1S/C25H39N5O.CH4/c1-17-4-7-22-21-6-5-18-14-19(28-31-13-12-30-16-20(15-26)27-29-30)8-10-25(18,3)23(21)9-11-24(17,22)2;/h16,18,21-23H,1,4-15,26H2,2-3H3;1H4/t18?,21?,22?,23?,24-,25+;/m1./s1. The molecular formula is C26H43N5O. The van der Waals surface area contributed by atoms with Crippen LogP contribution in [0.3, 0.4) is 0 Å². The van der Waals surface area contributed by atoms with Crippen molar-refractivity contribution in [3.05, 3.63) is 24.0 Å². The van der Waals surface area contributed by atoms with E-state index in [2.05, 4.69) is 35.9 Å². The highest BCUT2D eigenvalue weighted by molar-refractivity contribution is 5.85. The average Bonchev–Trinajstić information content (AvgIpc) is 3.35. The number of allylic oxidation sites excluding steroid dienone is 1. The smallest absolute Gasteiger partial charge is 0.136 e. The van der Waals surface area contributed by atoms with Crippen LogP contribution in [-0.4, -0.2) is 27.3 Å². The molecule has 0 radical (unpaired) electrons. The largest absolute Gasteiger partial charge is 0.394 e. The molecule has 4 unspecified atom stereocenters. The minimum Gasteiger partial charge on any atom is -0.394 e. The summed E-state index contributed by atoms with van der Waals surface area (Å²) < 4.78 is 1.77. The average molecular weight is 442 g/mol. The van der Waals surface area contributed by atoms with Crippen molar-refractivity contribution in [1.29, 1.82) is 0 Å². The fourth-order valence-electron chi connectivity index (χ4n) is 7.86. The topological polar surface area (TPSA) is 78.3 Å². The zero-order chi connectivity index (χ0) is 21.6. The van der Waals surface area contributed by atoms with Gasteiger partial charge in [-0.2, -0.15) is 0 Å². The second kappa shape index (κ2) is 8.92. The Hall–Kier alpha value is -1.69. The number of nitrogens with two attached hydrogens (primary N) is 1. The molecule has 0 amide bonds. The van der Waals surface area contributed by atoms with Crippen molar-refractivity contribution in [2.24, 2.45) is 45.4 Å². The Balaban J connectivity index is 0.00000245. The van der Waals surface area contributed by atoms with Gasteiger partial charge in [-0.05, 0) is 92.3 Å². The molecule has 6 nitrogen and oxygen atoms in total. The summed E-state index contributed by atoms with van der Waals surface area (Å²) in [7, 11) is 0. The summed E-state index contributed by atoms with van der Waals surface area (Å²) in [5.74, 6) is 3.45. The Bertz CT molecular complexity index is 862. The summed E-state index contributed by atoms with van der Waals surface area (Å²) in [6.07, 6.45) is 13.5. The molecule has 4 saturated carbocycles. The van der Waals surface area contributed by atoms with E-state index in [1.807, 2.05) is 6.20 Å². The molecule has 0 saturated heterocycles. The van der Waals surface area contributed by atoms with E-state index in [9.17, 15) is 0 Å². The molecular weight excluding hydrogens is 398 g/mol. The third-order valence-corrected chi connectivity index (χ3v) is 9.85. The lowest BCUT2D eigenvalue weighted by Gasteiger charge is -2.60. The van der Waals surface area contributed by atoms with E-state index in [0.29, 0.717) is 30.5 Å². The lowest BCUT2D eigenvalue weighted by Crippen LogP contribution is -2.52. The normalized spacial score (nSPS) is 39.7. The van der Waals surface area contributed by atoms with E-state index in [4.69, 9.17) is 10.6 Å². The fourth-order valence-corrected chi connectivity index (χ4v) is 7.86. The van der Waals surface area contributed by atoms with Gasteiger partial charge in [-0.25, -0.2) is 4.68 Å². The zero-order valence-electron chi connectivity index (χ0n) is 19.4. The first-order valence-electron chi connectivity index (χ1n) is 12.4. The maximum absolute atomic E-state index is 5.68. The SMILES string of the molecule is C.C=C1CCC2C3CCC4CC(=NOCCn5cc(CN)nn5)CC[C@]4(C)C3CC[C@]12C. The number of aromatic nitrogens is 3. The van der Waals surface area contributed by atoms with Gasteiger partial charge >= 0.3 is 0 Å². The van der Waals surface area contributed by atoms with Crippen LogP contribution in [0.25, 0.3) is 0 Å². The molecule has 4 aliphatic rings. The van der Waals surface area contributed by atoms with E-state index < -0.39 is 0 Å². The molecule has 0 aromatic carbocycles. The molecule has 0 aliphatic heterocycles. The summed E-state index contributed by atoms with van der Waals surface area (Å²) in [6.45, 7) is 11.2. The molecule has 1 aromatic heterocycles. The van der Waals surface area contributed by atoms with Crippen LogP contribution in [0.2, 0.25) is 0 Å². The monoisotopic (exact) mass is 441 g/mol. The van der Waals surface area contributed by atoms with Crippen LogP contribution >= 0.6 is 0 Å². The molecule has 0 spiro atoms. The Morgan fingerprint density at radius 1 is 1.19 bits per heavy atom. The predicted molar refractivity (Wildman–Crippen MR) is 129 cm³/mol. The van der Waals surface area contributed by atoms with E-state index in [1.165, 1.54) is 50.7 Å². The number of hydrogen-bond donors (Lipinski definition) is 1. The van der Waals surface area contributed by atoms with Gasteiger partial charge in [0.25, 0.3) is 0 Å². The molecule has 2 N–H and O–H groups in total. The molecule has 4 fully saturated rings. The first-order valence-corrected chi connectivity index (χ1v) is 12.4. The lowest BCUT2D eigenvalue weighted by molar-refractivity contribution is -0.0859. The Labute approximate surface area is 194 Å². The highest BCUT2D eigenvalue weighted by Crippen LogP contribution is 2.66. The van der Waals surface area contributed by atoms with E-state index in [1.54, 1.807) is 10.3 Å². The highest BCUT2D eigenvalue weighted by Gasteiger charge is 2.58. The number of nitrogens with zero attached hydrogens (tertiary/aromatic N) is 4. The second-order valence-electron chi connectivity index (χ2n) is 11.1. The first kappa shape index (κ1) is 23.5. The summed E-state index contributed by atoms with van der Waals surface area (Å²) in [5.41, 5.74) is 10.1. The van der Waals surface area contributed by atoms with Crippen LogP contribution in [0.5, 0.6) is 0 Å². The van der Waals surface area contributed by atoms with Crippen molar-refractivity contribution in [3.63, 3.8) is 0 Å². The van der Waals surface area contributed by atoms with E-state index in [0.717, 1.165) is 42.2 Å². The highest BCUT2D eigenvalue weighted by atomic mass is 16.6. The number of fused-ring (bicyclic) bond motifs is 5. The third-order valence-electron chi connectivity index (χ3n) is 9.85. The van der Waals surface area contributed by atoms with E-state index >= 15 is 0 Å². The number of oxime groups is 1. The summed E-state index contributed by atoms with van der Waals surface area (Å²) in [6, 6.07) is 0. The molecule has 32 heavy (non-hydrogen) atoms. The first-order chi connectivity index (χ1) is 14.9. The maximum Gasteiger partial charge on any atom is 0.136 e. The van der Waals surface area contributed by atoms with Gasteiger partial charge < -0.3 is 10.6 Å². The summed E-state index contributed by atoms with van der Waals surface area (Å²) >= 11 is 0. The van der Waals surface area contributed by atoms with Gasteiger partial charge in [-0.1, -0.05) is 43.8 Å². The van der Waals surface area contributed by atoms with Crippen molar-refractivity contribution in [3.8, 4) is 0 Å². The minimum absolute atomic E-state index is 0. The van der Waals surface area contributed by atoms with Gasteiger partial charge in [0.15, 0.2) is 0 Å². The van der Waals surface area contributed by atoms with E-state index in [-0.39, 0.29) is 7.43 Å². The van der Waals surface area contributed by atoms with Gasteiger partial charge in [0.2, 0.25) is 0 Å². The molecule has 6 atom stereocenters. The second-order valence-corrected chi connectivity index (χ2v) is 11.1. The quantitative estimate of drug-likeness (QED) is 0.380. The zero-order valence-corrected chi connectivity index (χ0v) is 19.4. The molecule has 6 heteroatoms. The molecule has 1 heterocycles. The number of rotatable bonds is 5. The minimum atomic E-state index is 0. The molecule has 178 valence electrons.